The minimum absolute atomic E-state index is 0.174. The van der Waals surface area contributed by atoms with Crippen LogP contribution in [0.5, 0.6) is 0 Å². The number of nitrogens with one attached hydrogen (secondary N) is 2. The molecule has 2 amide bonds. The molecule has 5 rings (SSSR count). The van der Waals surface area contributed by atoms with Crippen LogP contribution >= 0.6 is 0 Å². The van der Waals surface area contributed by atoms with Gasteiger partial charge in [-0.15, -0.1) is 0 Å². The van der Waals surface area contributed by atoms with Crippen molar-refractivity contribution < 1.29 is 18.5 Å². The molecular weight excluding hydrogens is 501 g/mol. The van der Waals surface area contributed by atoms with Crippen LogP contribution in [-0.2, 0) is 13.6 Å². The first-order valence-corrected chi connectivity index (χ1v) is 12.3. The van der Waals surface area contributed by atoms with E-state index in [-0.39, 0.29) is 22.5 Å². The van der Waals surface area contributed by atoms with Crippen LogP contribution in [0.25, 0.3) is 33.3 Å². The van der Waals surface area contributed by atoms with E-state index < -0.39 is 17.6 Å². The SMILES string of the molecule is CCn1c(-c2ccc(-c3c(C)on(C)c3=O)cc2)cc2ccnc(C(=O)Nc3ccc(F)c(C(=O)NC)c3)c21. The Labute approximate surface area is 222 Å². The molecule has 0 aliphatic rings. The number of amides is 2. The first-order valence-electron chi connectivity index (χ1n) is 12.3. The number of rotatable bonds is 6. The number of aryl methyl sites for hydroxylation is 3. The third-order valence-corrected chi connectivity index (χ3v) is 6.63. The summed E-state index contributed by atoms with van der Waals surface area (Å²) in [4.78, 5) is 42.1. The molecule has 2 N–H and O–H groups in total. The van der Waals surface area contributed by atoms with E-state index in [0.717, 1.165) is 28.3 Å². The van der Waals surface area contributed by atoms with E-state index >= 15 is 0 Å². The fourth-order valence-electron chi connectivity index (χ4n) is 4.79. The Bertz CT molecular complexity index is 1800. The maximum Gasteiger partial charge on any atom is 0.290 e. The van der Waals surface area contributed by atoms with Gasteiger partial charge < -0.3 is 19.7 Å². The molecule has 5 aromatic rings. The molecule has 0 saturated heterocycles. The van der Waals surface area contributed by atoms with Crippen molar-refractivity contribution in [1.29, 1.82) is 0 Å². The summed E-state index contributed by atoms with van der Waals surface area (Å²) < 4.78 is 22.7. The summed E-state index contributed by atoms with van der Waals surface area (Å²) in [5, 5.41) is 5.94. The largest absolute Gasteiger partial charge is 0.381 e. The minimum Gasteiger partial charge on any atom is -0.381 e. The van der Waals surface area contributed by atoms with Crippen molar-refractivity contribution in [2.45, 2.75) is 20.4 Å². The quantitative estimate of drug-likeness (QED) is 0.331. The molecule has 0 bridgehead atoms. The summed E-state index contributed by atoms with van der Waals surface area (Å²) in [6.07, 6.45) is 1.56. The van der Waals surface area contributed by atoms with Crippen molar-refractivity contribution >= 4 is 28.4 Å². The fraction of sp³-hybridized carbons (Fsp3) is 0.172. The lowest BCUT2D eigenvalue weighted by Gasteiger charge is -2.12. The van der Waals surface area contributed by atoms with E-state index in [1.165, 1.54) is 23.9 Å². The molecule has 198 valence electrons. The molecule has 0 spiro atoms. The summed E-state index contributed by atoms with van der Waals surface area (Å²) in [5.74, 6) is -1.23. The molecule has 0 fully saturated rings. The van der Waals surface area contributed by atoms with E-state index in [1.807, 2.05) is 47.9 Å². The molecule has 0 aliphatic heterocycles. The average molecular weight is 528 g/mol. The maximum absolute atomic E-state index is 14.1. The normalized spacial score (nSPS) is 11.1. The van der Waals surface area contributed by atoms with Crippen LogP contribution in [0.3, 0.4) is 0 Å². The van der Waals surface area contributed by atoms with Crippen LogP contribution in [0, 0.1) is 12.7 Å². The zero-order chi connectivity index (χ0) is 27.8. The number of hydrogen-bond donors (Lipinski definition) is 2. The number of anilines is 1. The van der Waals surface area contributed by atoms with Crippen LogP contribution in [-0.4, -0.2) is 33.2 Å². The highest BCUT2D eigenvalue weighted by molar-refractivity contribution is 6.11. The summed E-state index contributed by atoms with van der Waals surface area (Å²) in [5.41, 5.74) is 3.78. The van der Waals surface area contributed by atoms with E-state index in [0.29, 0.717) is 23.4 Å². The Hall–Kier alpha value is -4.99. The van der Waals surface area contributed by atoms with Crippen LogP contribution in [0.2, 0.25) is 0 Å². The predicted molar refractivity (Wildman–Crippen MR) is 146 cm³/mol. The molecule has 3 aromatic heterocycles. The number of benzene rings is 2. The number of carbonyl (C=O) groups excluding carboxylic acids is 2. The smallest absolute Gasteiger partial charge is 0.290 e. The maximum atomic E-state index is 14.1. The van der Waals surface area contributed by atoms with Crippen molar-refractivity contribution in [3.05, 3.63) is 94.0 Å². The Morgan fingerprint density at radius 3 is 2.38 bits per heavy atom. The summed E-state index contributed by atoms with van der Waals surface area (Å²) in [6, 6.07) is 15.2. The van der Waals surface area contributed by atoms with E-state index in [1.54, 1.807) is 20.2 Å². The Morgan fingerprint density at radius 2 is 1.74 bits per heavy atom. The van der Waals surface area contributed by atoms with Gasteiger partial charge in [0.05, 0.1) is 16.6 Å². The molecule has 0 unspecified atom stereocenters. The van der Waals surface area contributed by atoms with Gasteiger partial charge >= 0.3 is 0 Å². The van der Waals surface area contributed by atoms with Gasteiger partial charge in [-0.1, -0.05) is 24.3 Å². The second kappa shape index (κ2) is 10.1. The number of hydrogen-bond acceptors (Lipinski definition) is 5. The number of nitrogens with zero attached hydrogens (tertiary/aromatic N) is 3. The van der Waals surface area contributed by atoms with Crippen LogP contribution in [0.4, 0.5) is 10.1 Å². The van der Waals surface area contributed by atoms with Crippen LogP contribution < -0.4 is 16.2 Å². The first-order chi connectivity index (χ1) is 18.7. The molecule has 2 aromatic carbocycles. The zero-order valence-corrected chi connectivity index (χ0v) is 21.8. The molecule has 39 heavy (non-hydrogen) atoms. The zero-order valence-electron chi connectivity index (χ0n) is 21.8. The molecule has 0 aliphatic carbocycles. The number of halogens is 1. The number of pyridine rings is 1. The summed E-state index contributed by atoms with van der Waals surface area (Å²) in [6.45, 7) is 4.29. The number of fused-ring (bicyclic) bond motifs is 1. The van der Waals surface area contributed by atoms with Crippen LogP contribution in [0.1, 0.15) is 33.5 Å². The van der Waals surface area contributed by atoms with Gasteiger partial charge in [0, 0.05) is 43.6 Å². The molecule has 0 saturated carbocycles. The topological polar surface area (TPSA) is 111 Å². The van der Waals surface area contributed by atoms with Crippen molar-refractivity contribution in [2.75, 3.05) is 12.4 Å². The standard InChI is InChI=1S/C29H26FN5O4/c1-5-35-23(17-6-8-18(9-7-17)24-16(2)39-34(4)29(24)38)14-19-12-13-32-25(26(19)35)28(37)33-20-10-11-22(30)21(15-20)27(36)31-3/h6-15H,5H2,1-4H3,(H,31,36)(H,33,37). The Kier molecular flexibility index (Phi) is 6.61. The minimum atomic E-state index is -0.689. The highest BCUT2D eigenvalue weighted by Gasteiger charge is 2.20. The van der Waals surface area contributed by atoms with Gasteiger partial charge in [0.2, 0.25) is 0 Å². The highest BCUT2D eigenvalue weighted by atomic mass is 19.1. The van der Waals surface area contributed by atoms with Crippen molar-refractivity contribution in [3.8, 4) is 22.4 Å². The summed E-state index contributed by atoms with van der Waals surface area (Å²) in [7, 11) is 2.98. The number of aromatic nitrogens is 3. The van der Waals surface area contributed by atoms with Gasteiger partial charge in [-0.3, -0.25) is 14.4 Å². The average Bonchev–Trinajstić information content (AvgIpc) is 3.44. The highest BCUT2D eigenvalue weighted by Crippen LogP contribution is 2.32. The van der Waals surface area contributed by atoms with Gasteiger partial charge in [-0.05, 0) is 55.3 Å². The Balaban J connectivity index is 1.52. The molecule has 3 heterocycles. The molecule has 9 nitrogen and oxygen atoms in total. The lowest BCUT2D eigenvalue weighted by Crippen LogP contribution is -2.20. The number of carbonyl (C=O) groups is 2. The molecule has 0 radical (unpaired) electrons. The van der Waals surface area contributed by atoms with Crippen molar-refractivity contribution in [1.82, 2.24) is 19.6 Å². The monoisotopic (exact) mass is 527 g/mol. The summed E-state index contributed by atoms with van der Waals surface area (Å²) >= 11 is 0. The van der Waals surface area contributed by atoms with Crippen LogP contribution in [0.15, 0.2) is 70.1 Å². The van der Waals surface area contributed by atoms with Gasteiger partial charge in [-0.25, -0.2) is 9.37 Å². The lowest BCUT2D eigenvalue weighted by atomic mass is 10.0. The lowest BCUT2D eigenvalue weighted by molar-refractivity contribution is 0.0957. The third kappa shape index (κ3) is 4.50. The van der Waals surface area contributed by atoms with Gasteiger partial charge in [0.15, 0.2) is 5.69 Å². The first kappa shape index (κ1) is 25.7. The van der Waals surface area contributed by atoms with Crippen molar-refractivity contribution in [3.63, 3.8) is 0 Å². The van der Waals surface area contributed by atoms with E-state index in [9.17, 15) is 18.8 Å². The van der Waals surface area contributed by atoms with Gasteiger partial charge in [0.25, 0.3) is 17.4 Å². The molecule has 10 heteroatoms. The second-order valence-corrected chi connectivity index (χ2v) is 9.00. The second-order valence-electron chi connectivity index (χ2n) is 9.00. The van der Waals surface area contributed by atoms with Gasteiger partial charge in [-0.2, -0.15) is 4.74 Å². The van der Waals surface area contributed by atoms with Gasteiger partial charge in [0.1, 0.15) is 11.6 Å². The molecular formula is C29H26FN5O4. The third-order valence-electron chi connectivity index (χ3n) is 6.63. The fourth-order valence-corrected chi connectivity index (χ4v) is 4.79. The molecule has 0 atom stereocenters. The predicted octanol–water partition coefficient (Wildman–Crippen LogP) is 4.74. The Morgan fingerprint density at radius 1 is 1.03 bits per heavy atom. The van der Waals surface area contributed by atoms with E-state index in [2.05, 4.69) is 15.6 Å². The van der Waals surface area contributed by atoms with Crippen molar-refractivity contribution in [2.24, 2.45) is 7.05 Å². The van der Waals surface area contributed by atoms with E-state index in [4.69, 9.17) is 4.52 Å².